The first-order valence-electron chi connectivity index (χ1n) is 4.49. The Balaban J connectivity index is 2.25. The molecule has 0 fully saturated rings. The molecular weight excluding hydrogens is 210 g/mol. The van der Waals surface area contributed by atoms with Crippen molar-refractivity contribution in [3.63, 3.8) is 0 Å². The Morgan fingerprint density at radius 2 is 1.93 bits per heavy atom. The fourth-order valence-corrected chi connectivity index (χ4v) is 1.38. The van der Waals surface area contributed by atoms with Crippen molar-refractivity contribution in [1.82, 2.24) is 4.98 Å². The lowest BCUT2D eigenvalue weighted by Crippen LogP contribution is -1.98. The zero-order valence-corrected chi connectivity index (χ0v) is 8.70. The van der Waals surface area contributed by atoms with Crippen molar-refractivity contribution in [2.45, 2.75) is 0 Å². The van der Waals surface area contributed by atoms with Crippen LogP contribution in [0.15, 0.2) is 42.6 Å². The number of pyridine rings is 1. The zero-order chi connectivity index (χ0) is 10.7. The van der Waals surface area contributed by atoms with Gasteiger partial charge in [0, 0.05) is 11.9 Å². The fraction of sp³-hybridized carbons (Fsp3) is 0. The molecule has 2 rings (SSSR count). The molecule has 4 heteroatoms. The van der Waals surface area contributed by atoms with Crippen LogP contribution in [0, 0.1) is 0 Å². The molecule has 0 amide bonds. The standard InChI is InChI=1S/C11H10ClN3/c12-8-6-10(13)11(14-7-8)15-9-4-2-1-3-5-9/h1-7H,13H2,(H,14,15). The summed E-state index contributed by atoms with van der Waals surface area (Å²) < 4.78 is 0. The van der Waals surface area contributed by atoms with Gasteiger partial charge in [-0.05, 0) is 18.2 Å². The van der Waals surface area contributed by atoms with Crippen molar-refractivity contribution >= 4 is 28.8 Å². The summed E-state index contributed by atoms with van der Waals surface area (Å²) in [4.78, 5) is 4.11. The zero-order valence-electron chi connectivity index (χ0n) is 7.94. The van der Waals surface area contributed by atoms with E-state index in [2.05, 4.69) is 10.3 Å². The van der Waals surface area contributed by atoms with Crippen LogP contribution in [-0.2, 0) is 0 Å². The van der Waals surface area contributed by atoms with Crippen LogP contribution in [0.2, 0.25) is 5.02 Å². The van der Waals surface area contributed by atoms with Crippen LogP contribution in [0.3, 0.4) is 0 Å². The van der Waals surface area contributed by atoms with Crippen LogP contribution < -0.4 is 11.1 Å². The number of halogens is 1. The number of nitrogens with zero attached hydrogens (tertiary/aromatic N) is 1. The van der Waals surface area contributed by atoms with Crippen molar-refractivity contribution in [2.24, 2.45) is 0 Å². The molecular formula is C11H10ClN3. The predicted molar refractivity (Wildman–Crippen MR) is 63.4 cm³/mol. The fourth-order valence-electron chi connectivity index (χ4n) is 1.22. The van der Waals surface area contributed by atoms with Gasteiger partial charge in [0.2, 0.25) is 0 Å². The molecule has 0 saturated heterocycles. The van der Waals surface area contributed by atoms with Crippen molar-refractivity contribution in [3.05, 3.63) is 47.6 Å². The highest BCUT2D eigenvalue weighted by Crippen LogP contribution is 2.22. The Kier molecular flexibility index (Phi) is 2.74. The smallest absolute Gasteiger partial charge is 0.153 e. The first kappa shape index (κ1) is 9.80. The lowest BCUT2D eigenvalue weighted by Gasteiger charge is -2.07. The van der Waals surface area contributed by atoms with Gasteiger partial charge in [0.1, 0.15) is 0 Å². The number of hydrogen-bond acceptors (Lipinski definition) is 3. The van der Waals surface area contributed by atoms with Crippen LogP contribution >= 0.6 is 11.6 Å². The van der Waals surface area contributed by atoms with Gasteiger partial charge >= 0.3 is 0 Å². The number of para-hydroxylation sites is 1. The number of nitrogens with two attached hydrogens (primary N) is 1. The average Bonchev–Trinajstić information content (AvgIpc) is 2.24. The first-order valence-corrected chi connectivity index (χ1v) is 4.86. The number of aromatic nitrogens is 1. The summed E-state index contributed by atoms with van der Waals surface area (Å²) in [6, 6.07) is 11.4. The third kappa shape index (κ3) is 2.39. The minimum absolute atomic E-state index is 0.533. The van der Waals surface area contributed by atoms with E-state index in [0.717, 1.165) is 5.69 Å². The van der Waals surface area contributed by atoms with Crippen molar-refractivity contribution in [2.75, 3.05) is 11.1 Å². The maximum absolute atomic E-state index is 5.76. The van der Waals surface area contributed by atoms with Crippen LogP contribution in [0.25, 0.3) is 0 Å². The van der Waals surface area contributed by atoms with Crippen molar-refractivity contribution < 1.29 is 0 Å². The van der Waals surface area contributed by atoms with E-state index < -0.39 is 0 Å². The van der Waals surface area contributed by atoms with Crippen LogP contribution in [-0.4, -0.2) is 4.98 Å². The highest BCUT2D eigenvalue weighted by molar-refractivity contribution is 6.30. The average molecular weight is 220 g/mol. The highest BCUT2D eigenvalue weighted by atomic mass is 35.5. The lowest BCUT2D eigenvalue weighted by atomic mass is 10.3. The molecule has 15 heavy (non-hydrogen) atoms. The minimum atomic E-state index is 0.533. The summed E-state index contributed by atoms with van der Waals surface area (Å²) >= 11 is 5.75. The van der Waals surface area contributed by atoms with Crippen LogP contribution in [0.5, 0.6) is 0 Å². The Morgan fingerprint density at radius 1 is 1.20 bits per heavy atom. The molecule has 0 aliphatic rings. The maximum Gasteiger partial charge on any atom is 0.153 e. The molecule has 1 aromatic carbocycles. The predicted octanol–water partition coefficient (Wildman–Crippen LogP) is 3.06. The Labute approximate surface area is 92.9 Å². The Hall–Kier alpha value is -1.74. The SMILES string of the molecule is Nc1cc(Cl)cnc1Nc1ccccc1. The number of rotatable bonds is 2. The van der Waals surface area contributed by atoms with Gasteiger partial charge in [0.05, 0.1) is 10.7 Å². The van der Waals surface area contributed by atoms with E-state index >= 15 is 0 Å². The Morgan fingerprint density at radius 3 is 2.60 bits per heavy atom. The molecule has 0 spiro atoms. The molecule has 0 saturated carbocycles. The molecule has 0 bridgehead atoms. The Bertz CT molecular complexity index is 457. The summed E-state index contributed by atoms with van der Waals surface area (Å²) in [6.45, 7) is 0. The molecule has 1 heterocycles. The van der Waals surface area contributed by atoms with E-state index in [-0.39, 0.29) is 0 Å². The number of benzene rings is 1. The van der Waals surface area contributed by atoms with E-state index in [4.69, 9.17) is 17.3 Å². The summed E-state index contributed by atoms with van der Waals surface area (Å²) in [6.07, 6.45) is 1.56. The molecule has 3 nitrogen and oxygen atoms in total. The van der Waals surface area contributed by atoms with Gasteiger partial charge in [-0.15, -0.1) is 0 Å². The number of nitrogens with one attached hydrogen (secondary N) is 1. The van der Waals surface area contributed by atoms with E-state index in [1.165, 1.54) is 0 Å². The topological polar surface area (TPSA) is 50.9 Å². The van der Waals surface area contributed by atoms with Crippen LogP contribution in [0.1, 0.15) is 0 Å². The molecule has 0 radical (unpaired) electrons. The second-order valence-electron chi connectivity index (χ2n) is 3.08. The largest absolute Gasteiger partial charge is 0.396 e. The quantitative estimate of drug-likeness (QED) is 0.816. The molecule has 1 aromatic heterocycles. The molecule has 0 aliphatic carbocycles. The monoisotopic (exact) mass is 219 g/mol. The molecule has 0 unspecified atom stereocenters. The molecule has 76 valence electrons. The van der Waals surface area contributed by atoms with Crippen molar-refractivity contribution in [1.29, 1.82) is 0 Å². The van der Waals surface area contributed by atoms with Gasteiger partial charge in [0.15, 0.2) is 5.82 Å². The lowest BCUT2D eigenvalue weighted by molar-refractivity contribution is 1.31. The second kappa shape index (κ2) is 4.19. The van der Waals surface area contributed by atoms with Crippen molar-refractivity contribution in [3.8, 4) is 0 Å². The normalized spacial score (nSPS) is 9.93. The molecule has 0 aliphatic heterocycles. The van der Waals surface area contributed by atoms with Gasteiger partial charge in [-0.25, -0.2) is 4.98 Å². The van der Waals surface area contributed by atoms with E-state index in [9.17, 15) is 0 Å². The van der Waals surface area contributed by atoms with Gasteiger partial charge in [-0.3, -0.25) is 0 Å². The van der Waals surface area contributed by atoms with Crippen LogP contribution in [0.4, 0.5) is 17.2 Å². The van der Waals surface area contributed by atoms with Gasteiger partial charge < -0.3 is 11.1 Å². The van der Waals surface area contributed by atoms with E-state index in [1.54, 1.807) is 12.3 Å². The number of hydrogen-bond donors (Lipinski definition) is 2. The first-order chi connectivity index (χ1) is 7.25. The van der Waals surface area contributed by atoms with E-state index in [1.807, 2.05) is 30.3 Å². The maximum atomic E-state index is 5.76. The summed E-state index contributed by atoms with van der Waals surface area (Å²) in [7, 11) is 0. The van der Waals surface area contributed by atoms with Gasteiger partial charge in [-0.1, -0.05) is 29.8 Å². The number of nitrogen functional groups attached to an aromatic ring is 1. The van der Waals surface area contributed by atoms with E-state index in [0.29, 0.717) is 16.5 Å². The molecule has 3 N–H and O–H groups in total. The summed E-state index contributed by atoms with van der Waals surface area (Å²) in [5, 5.41) is 3.64. The summed E-state index contributed by atoms with van der Waals surface area (Å²) in [5.74, 6) is 0.616. The minimum Gasteiger partial charge on any atom is -0.396 e. The molecule has 0 atom stereocenters. The third-order valence-electron chi connectivity index (χ3n) is 1.92. The third-order valence-corrected chi connectivity index (χ3v) is 2.13. The molecule has 2 aromatic rings. The second-order valence-corrected chi connectivity index (χ2v) is 3.52. The highest BCUT2D eigenvalue weighted by Gasteiger charge is 2.01. The summed E-state index contributed by atoms with van der Waals surface area (Å²) in [5.41, 5.74) is 7.24. The van der Waals surface area contributed by atoms with Gasteiger partial charge in [-0.2, -0.15) is 0 Å². The number of anilines is 3. The van der Waals surface area contributed by atoms with Gasteiger partial charge in [0.25, 0.3) is 0 Å².